The summed E-state index contributed by atoms with van der Waals surface area (Å²) in [5.74, 6) is 1.22. The van der Waals surface area contributed by atoms with Crippen LogP contribution in [0.25, 0.3) is 0 Å². The van der Waals surface area contributed by atoms with Crippen LogP contribution >= 0.6 is 0 Å². The SMILES string of the molecule is CC(C)CNC(=O)Cc1ccc(O)cc1.Cc1ccc(C(C)CC(=O)OCC(C)C)cc1. The van der Waals surface area contributed by atoms with Crippen LogP contribution in [0, 0.1) is 18.8 Å². The molecule has 2 rings (SSSR count). The third kappa shape index (κ3) is 12.1. The molecule has 0 bridgehead atoms. The summed E-state index contributed by atoms with van der Waals surface area (Å²) in [5, 5.41) is 11.9. The van der Waals surface area contributed by atoms with Gasteiger partial charge in [0.15, 0.2) is 0 Å². The lowest BCUT2D eigenvalue weighted by Crippen LogP contribution is -2.28. The molecule has 0 aliphatic rings. The van der Waals surface area contributed by atoms with Crippen LogP contribution in [-0.2, 0) is 20.7 Å². The molecule has 1 atom stereocenters. The average molecular weight is 442 g/mol. The molecular formula is C27H39NO4. The number of amides is 1. The molecule has 176 valence electrons. The van der Waals surface area contributed by atoms with E-state index in [1.165, 1.54) is 11.1 Å². The van der Waals surface area contributed by atoms with E-state index in [2.05, 4.69) is 57.3 Å². The van der Waals surface area contributed by atoms with Gasteiger partial charge in [-0.1, -0.05) is 76.6 Å². The topological polar surface area (TPSA) is 75.6 Å². The van der Waals surface area contributed by atoms with Crippen LogP contribution in [0.15, 0.2) is 48.5 Å². The number of rotatable bonds is 9. The third-order valence-corrected chi connectivity index (χ3v) is 4.71. The lowest BCUT2D eigenvalue weighted by Gasteiger charge is -2.12. The van der Waals surface area contributed by atoms with E-state index in [4.69, 9.17) is 9.84 Å². The second-order valence-electron chi connectivity index (χ2n) is 9.13. The van der Waals surface area contributed by atoms with Crippen LogP contribution < -0.4 is 5.32 Å². The van der Waals surface area contributed by atoms with Crippen LogP contribution in [0.4, 0.5) is 0 Å². The van der Waals surface area contributed by atoms with Crippen molar-refractivity contribution in [1.29, 1.82) is 0 Å². The average Bonchev–Trinajstić information content (AvgIpc) is 2.73. The molecule has 0 spiro atoms. The van der Waals surface area contributed by atoms with Crippen molar-refractivity contribution in [2.45, 2.75) is 60.3 Å². The van der Waals surface area contributed by atoms with Gasteiger partial charge < -0.3 is 15.2 Å². The summed E-state index contributed by atoms with van der Waals surface area (Å²) in [7, 11) is 0. The molecule has 0 aliphatic carbocycles. The number of phenolic OH excluding ortho intramolecular Hbond substituents is 1. The van der Waals surface area contributed by atoms with Gasteiger partial charge in [-0.3, -0.25) is 9.59 Å². The molecule has 0 saturated heterocycles. The molecule has 0 fully saturated rings. The van der Waals surface area contributed by atoms with Gasteiger partial charge in [-0.2, -0.15) is 0 Å². The molecule has 0 heterocycles. The first-order chi connectivity index (χ1) is 15.1. The first-order valence-corrected chi connectivity index (χ1v) is 11.3. The zero-order chi connectivity index (χ0) is 24.1. The number of aromatic hydroxyl groups is 1. The highest BCUT2D eigenvalue weighted by molar-refractivity contribution is 5.78. The number of benzene rings is 2. The van der Waals surface area contributed by atoms with Gasteiger partial charge in [0.2, 0.25) is 5.91 Å². The Morgan fingerprint density at radius 1 is 0.906 bits per heavy atom. The Morgan fingerprint density at radius 2 is 1.50 bits per heavy atom. The Morgan fingerprint density at radius 3 is 2.03 bits per heavy atom. The number of carbonyl (C=O) groups is 2. The first-order valence-electron chi connectivity index (χ1n) is 11.3. The lowest BCUT2D eigenvalue weighted by atomic mass is 9.97. The maximum absolute atomic E-state index is 11.6. The summed E-state index contributed by atoms with van der Waals surface area (Å²) in [6.45, 7) is 13.5. The quantitative estimate of drug-likeness (QED) is 0.511. The fraction of sp³-hybridized carbons (Fsp3) is 0.481. The monoisotopic (exact) mass is 441 g/mol. The van der Waals surface area contributed by atoms with Crippen molar-refractivity contribution in [1.82, 2.24) is 5.32 Å². The van der Waals surface area contributed by atoms with Crippen molar-refractivity contribution in [3.05, 3.63) is 65.2 Å². The molecule has 0 saturated carbocycles. The van der Waals surface area contributed by atoms with Crippen molar-refractivity contribution < 1.29 is 19.4 Å². The molecule has 0 radical (unpaired) electrons. The third-order valence-electron chi connectivity index (χ3n) is 4.71. The number of ether oxygens (including phenoxy) is 1. The second kappa shape index (κ2) is 14.3. The molecule has 0 aliphatic heterocycles. The molecule has 0 aromatic heterocycles. The fourth-order valence-electron chi connectivity index (χ4n) is 2.76. The smallest absolute Gasteiger partial charge is 0.306 e. The van der Waals surface area contributed by atoms with Gasteiger partial charge in [0.1, 0.15) is 5.75 Å². The van der Waals surface area contributed by atoms with E-state index in [1.807, 2.05) is 13.8 Å². The van der Waals surface area contributed by atoms with Gasteiger partial charge in [0, 0.05) is 6.54 Å². The Hall–Kier alpha value is -2.82. The largest absolute Gasteiger partial charge is 0.508 e. The maximum Gasteiger partial charge on any atom is 0.306 e. The molecule has 2 N–H and O–H groups in total. The summed E-state index contributed by atoms with van der Waals surface area (Å²) in [6, 6.07) is 15.0. The van der Waals surface area contributed by atoms with Crippen molar-refractivity contribution in [2.75, 3.05) is 13.2 Å². The molecule has 5 nitrogen and oxygen atoms in total. The first kappa shape index (κ1) is 27.2. The molecule has 2 aromatic rings. The van der Waals surface area contributed by atoms with Crippen molar-refractivity contribution in [3.63, 3.8) is 0 Å². The number of aryl methyl sites for hydroxylation is 1. The van der Waals surface area contributed by atoms with Gasteiger partial charge >= 0.3 is 5.97 Å². The minimum Gasteiger partial charge on any atom is -0.508 e. The highest BCUT2D eigenvalue weighted by atomic mass is 16.5. The van der Waals surface area contributed by atoms with Gasteiger partial charge in [0.05, 0.1) is 19.4 Å². The van der Waals surface area contributed by atoms with Gasteiger partial charge in [-0.05, 0) is 47.9 Å². The van der Waals surface area contributed by atoms with Crippen LogP contribution in [0.3, 0.4) is 0 Å². The number of carbonyl (C=O) groups excluding carboxylic acids is 2. The summed E-state index contributed by atoms with van der Waals surface area (Å²) in [4.78, 5) is 23.0. The Balaban J connectivity index is 0.000000323. The van der Waals surface area contributed by atoms with E-state index in [0.717, 1.165) is 5.56 Å². The highest BCUT2D eigenvalue weighted by Gasteiger charge is 2.12. The minimum absolute atomic E-state index is 0.0226. The van der Waals surface area contributed by atoms with Crippen LogP contribution in [-0.4, -0.2) is 30.1 Å². The zero-order valence-corrected chi connectivity index (χ0v) is 20.4. The molecule has 2 aromatic carbocycles. The van der Waals surface area contributed by atoms with Gasteiger partial charge in [-0.15, -0.1) is 0 Å². The predicted molar refractivity (Wildman–Crippen MR) is 130 cm³/mol. The van der Waals surface area contributed by atoms with Gasteiger partial charge in [0.25, 0.3) is 0 Å². The second-order valence-corrected chi connectivity index (χ2v) is 9.13. The summed E-state index contributed by atoms with van der Waals surface area (Å²) >= 11 is 0. The molecule has 1 unspecified atom stereocenters. The van der Waals surface area contributed by atoms with E-state index in [9.17, 15) is 9.59 Å². The van der Waals surface area contributed by atoms with E-state index in [0.29, 0.717) is 37.8 Å². The summed E-state index contributed by atoms with van der Waals surface area (Å²) < 4.78 is 5.18. The normalized spacial score (nSPS) is 11.5. The van der Waals surface area contributed by atoms with Crippen LogP contribution in [0.1, 0.15) is 63.6 Å². The summed E-state index contributed by atoms with van der Waals surface area (Å²) in [5.41, 5.74) is 3.34. The number of esters is 1. The Bertz CT molecular complexity index is 811. The molecule has 5 heteroatoms. The fourth-order valence-corrected chi connectivity index (χ4v) is 2.76. The number of nitrogens with one attached hydrogen (secondary N) is 1. The Labute approximate surface area is 193 Å². The highest BCUT2D eigenvalue weighted by Crippen LogP contribution is 2.20. The number of hydrogen-bond donors (Lipinski definition) is 2. The molecule has 1 amide bonds. The molecular weight excluding hydrogens is 402 g/mol. The predicted octanol–water partition coefficient (Wildman–Crippen LogP) is 5.39. The summed E-state index contributed by atoms with van der Waals surface area (Å²) in [6.07, 6.45) is 0.822. The zero-order valence-electron chi connectivity index (χ0n) is 20.4. The standard InChI is InChI=1S/C15H22O2.C12H17NO2/c1-11(2)10-17-15(16)9-13(4)14-7-5-12(3)6-8-14;1-9(2)8-13-12(15)7-10-3-5-11(14)6-4-10/h5-8,11,13H,9-10H2,1-4H3;3-6,9,14H,7-8H2,1-2H3,(H,13,15). The number of phenols is 1. The molecule has 32 heavy (non-hydrogen) atoms. The van der Waals surface area contributed by atoms with E-state index in [-0.39, 0.29) is 23.5 Å². The maximum atomic E-state index is 11.6. The van der Waals surface area contributed by atoms with Crippen LogP contribution in [0.2, 0.25) is 0 Å². The van der Waals surface area contributed by atoms with Gasteiger partial charge in [-0.25, -0.2) is 0 Å². The van der Waals surface area contributed by atoms with E-state index >= 15 is 0 Å². The van der Waals surface area contributed by atoms with E-state index in [1.54, 1.807) is 24.3 Å². The van der Waals surface area contributed by atoms with Crippen molar-refractivity contribution in [2.24, 2.45) is 11.8 Å². The van der Waals surface area contributed by atoms with Crippen molar-refractivity contribution >= 4 is 11.9 Å². The lowest BCUT2D eigenvalue weighted by molar-refractivity contribution is -0.145. The minimum atomic E-state index is -0.105. The van der Waals surface area contributed by atoms with Crippen molar-refractivity contribution in [3.8, 4) is 5.75 Å². The van der Waals surface area contributed by atoms with Crippen LogP contribution in [0.5, 0.6) is 5.75 Å². The van der Waals surface area contributed by atoms with E-state index < -0.39 is 0 Å². The Kier molecular flexibility index (Phi) is 12.1. The number of hydrogen-bond acceptors (Lipinski definition) is 4.